The molecule has 7 heteroatoms. The van der Waals surface area contributed by atoms with E-state index in [1.54, 1.807) is 0 Å². The summed E-state index contributed by atoms with van der Waals surface area (Å²) in [5, 5.41) is 6.99. The van der Waals surface area contributed by atoms with Crippen molar-refractivity contribution in [1.29, 1.82) is 0 Å². The maximum atomic E-state index is 11.1. The molecule has 1 aromatic heterocycles. The number of nitrogens with two attached hydrogens (primary N) is 2. The Kier molecular flexibility index (Phi) is 6.19. The monoisotopic (exact) mass is 425 g/mol. The van der Waals surface area contributed by atoms with E-state index in [0.717, 1.165) is 58.7 Å². The van der Waals surface area contributed by atoms with Gasteiger partial charge in [0.2, 0.25) is 17.1 Å². The number of primary amides is 1. The fourth-order valence-electron chi connectivity index (χ4n) is 4.23. The van der Waals surface area contributed by atoms with Gasteiger partial charge in [-0.15, -0.1) is 0 Å². The lowest BCUT2D eigenvalue weighted by Crippen LogP contribution is -2.37. The molecular formula is C25H25N6O+. The number of fused-ring (bicyclic) bond motifs is 3. The zero-order valence-corrected chi connectivity index (χ0v) is 17.7. The molecule has 0 atom stereocenters. The number of hydrogen-bond acceptors (Lipinski definition) is 3. The lowest BCUT2D eigenvalue weighted by molar-refractivity contribution is -0.659. The summed E-state index contributed by atoms with van der Waals surface area (Å²) in [5.41, 5.74) is 24.8. The van der Waals surface area contributed by atoms with Crippen molar-refractivity contribution in [1.82, 2.24) is 0 Å². The minimum absolute atomic E-state index is 0.267. The van der Waals surface area contributed by atoms with Gasteiger partial charge in [0.05, 0.1) is 10.8 Å². The van der Waals surface area contributed by atoms with E-state index in [0.29, 0.717) is 17.8 Å². The Morgan fingerprint density at radius 1 is 0.938 bits per heavy atom. The maximum absolute atomic E-state index is 11.1. The van der Waals surface area contributed by atoms with Crippen LogP contribution in [0.3, 0.4) is 0 Å². The van der Waals surface area contributed by atoms with Gasteiger partial charge in [0.15, 0.2) is 0 Å². The largest absolute Gasteiger partial charge is 0.399 e. The summed E-state index contributed by atoms with van der Waals surface area (Å²) in [6.45, 7) is 0.755. The molecule has 0 fully saturated rings. The van der Waals surface area contributed by atoms with Gasteiger partial charge in [-0.1, -0.05) is 35.4 Å². The average Bonchev–Trinajstić information content (AvgIpc) is 2.79. The number of unbranched alkanes of at least 4 members (excludes halogenated alkanes) is 2. The summed E-state index contributed by atoms with van der Waals surface area (Å²) >= 11 is 0. The number of nitrogen functional groups attached to an aromatic ring is 1. The first-order chi connectivity index (χ1) is 15.6. The van der Waals surface area contributed by atoms with Gasteiger partial charge in [0, 0.05) is 46.1 Å². The number of pyridine rings is 1. The average molecular weight is 426 g/mol. The molecular weight excluding hydrogens is 400 g/mol. The molecule has 4 N–H and O–H groups in total. The van der Waals surface area contributed by atoms with Crippen LogP contribution in [0.2, 0.25) is 0 Å². The third-order valence-corrected chi connectivity index (χ3v) is 5.64. The molecule has 160 valence electrons. The summed E-state index contributed by atoms with van der Waals surface area (Å²) in [6.07, 6.45) is 2.95. The fourth-order valence-corrected chi connectivity index (χ4v) is 4.23. The van der Waals surface area contributed by atoms with Gasteiger partial charge in [-0.25, -0.2) is 0 Å². The molecule has 0 aliphatic rings. The molecule has 32 heavy (non-hydrogen) atoms. The Bertz CT molecular complexity index is 1340. The van der Waals surface area contributed by atoms with Gasteiger partial charge < -0.3 is 11.5 Å². The predicted octanol–water partition coefficient (Wildman–Crippen LogP) is 5.52. The molecule has 7 nitrogen and oxygen atoms in total. The van der Waals surface area contributed by atoms with Crippen molar-refractivity contribution >= 4 is 39.0 Å². The number of hydrogen-bond donors (Lipinski definition) is 2. The number of aromatic nitrogens is 1. The lowest BCUT2D eigenvalue weighted by Gasteiger charge is -2.13. The van der Waals surface area contributed by atoms with Gasteiger partial charge >= 0.3 is 0 Å². The van der Waals surface area contributed by atoms with Gasteiger partial charge in [-0.2, -0.15) is 4.57 Å². The second kappa shape index (κ2) is 9.37. The van der Waals surface area contributed by atoms with E-state index in [9.17, 15) is 4.79 Å². The van der Waals surface area contributed by atoms with Crippen LogP contribution in [0, 0.1) is 0 Å². The Morgan fingerprint density at radius 2 is 1.72 bits per heavy atom. The van der Waals surface area contributed by atoms with Crippen molar-refractivity contribution in [2.24, 2.45) is 10.8 Å². The van der Waals surface area contributed by atoms with Crippen molar-refractivity contribution in [2.45, 2.75) is 32.2 Å². The summed E-state index contributed by atoms with van der Waals surface area (Å²) in [7, 11) is 0. The summed E-state index contributed by atoms with van der Waals surface area (Å²) < 4.78 is 2.29. The number of carbonyl (C=O) groups is 1. The molecule has 4 rings (SSSR count). The summed E-state index contributed by atoms with van der Waals surface area (Å²) in [4.78, 5) is 14.0. The second-order valence-electron chi connectivity index (χ2n) is 7.84. The van der Waals surface area contributed by atoms with Crippen LogP contribution in [0.25, 0.3) is 43.4 Å². The number of amides is 1. The topological polar surface area (TPSA) is 122 Å². The highest BCUT2D eigenvalue weighted by Crippen LogP contribution is 2.34. The van der Waals surface area contributed by atoms with Crippen molar-refractivity contribution in [3.63, 3.8) is 0 Å². The van der Waals surface area contributed by atoms with Crippen molar-refractivity contribution in [3.8, 4) is 11.3 Å². The van der Waals surface area contributed by atoms with Crippen LogP contribution in [0.5, 0.6) is 0 Å². The zero-order valence-electron chi connectivity index (χ0n) is 17.7. The van der Waals surface area contributed by atoms with Gasteiger partial charge in [-0.05, 0) is 48.7 Å². The molecule has 0 unspecified atom stereocenters. The SMILES string of the molecule is [N-]=[N+]=Nc1ccc2c(c1)c(-c1ccccc1)[n+](CCCCCC(N)=O)c1cc(N)ccc21. The van der Waals surface area contributed by atoms with E-state index in [1.807, 2.05) is 54.6 Å². The van der Waals surface area contributed by atoms with Crippen LogP contribution in [-0.4, -0.2) is 5.91 Å². The summed E-state index contributed by atoms with van der Waals surface area (Å²) in [6, 6.07) is 21.9. The first kappa shape index (κ1) is 21.2. The van der Waals surface area contributed by atoms with Gasteiger partial charge in [0.1, 0.15) is 6.54 Å². The van der Waals surface area contributed by atoms with Crippen LogP contribution in [0.15, 0.2) is 71.8 Å². The Balaban J connectivity index is 1.96. The van der Waals surface area contributed by atoms with Crippen LogP contribution >= 0.6 is 0 Å². The van der Waals surface area contributed by atoms with Gasteiger partial charge in [0.25, 0.3) is 0 Å². The van der Waals surface area contributed by atoms with E-state index >= 15 is 0 Å². The highest BCUT2D eigenvalue weighted by Gasteiger charge is 2.23. The van der Waals surface area contributed by atoms with Crippen molar-refractivity contribution in [3.05, 3.63) is 77.2 Å². The number of benzene rings is 3. The standard InChI is InChI=1S/C25H24N6O/c26-18-10-12-21-20-13-11-19(29-30-28)16-22(20)25(17-7-3-1-4-8-17)31(23(21)15-18)14-6-2-5-9-24(27)32/h1,3-4,7-8,10-13,15-16,26H,2,5-6,9,14H2,(H2,27,32)/p+1. The Hall–Kier alpha value is -4.09. The number of azide groups is 1. The summed E-state index contributed by atoms with van der Waals surface area (Å²) in [5.74, 6) is -0.267. The fraction of sp³-hybridized carbons (Fsp3) is 0.200. The molecule has 0 saturated heterocycles. The Morgan fingerprint density at radius 3 is 2.47 bits per heavy atom. The van der Waals surface area contributed by atoms with Crippen LogP contribution in [0.1, 0.15) is 25.7 Å². The van der Waals surface area contributed by atoms with Crippen molar-refractivity contribution < 1.29 is 9.36 Å². The third-order valence-electron chi connectivity index (χ3n) is 5.64. The van der Waals surface area contributed by atoms with Gasteiger partial charge in [-0.3, -0.25) is 4.79 Å². The molecule has 4 aromatic rings. The number of carbonyl (C=O) groups excluding carboxylic acids is 1. The van der Waals surface area contributed by atoms with E-state index < -0.39 is 0 Å². The van der Waals surface area contributed by atoms with Crippen LogP contribution in [0.4, 0.5) is 11.4 Å². The number of anilines is 1. The second-order valence-corrected chi connectivity index (χ2v) is 7.84. The first-order valence-electron chi connectivity index (χ1n) is 10.7. The molecule has 0 radical (unpaired) electrons. The minimum Gasteiger partial charge on any atom is -0.399 e. The molecule has 0 bridgehead atoms. The molecule has 0 aliphatic heterocycles. The number of aryl methyl sites for hydroxylation is 1. The number of nitrogens with zero attached hydrogens (tertiary/aromatic N) is 4. The van der Waals surface area contributed by atoms with E-state index in [4.69, 9.17) is 17.0 Å². The maximum Gasteiger partial charge on any atom is 0.220 e. The van der Waals surface area contributed by atoms with E-state index in [1.165, 1.54) is 0 Å². The van der Waals surface area contributed by atoms with E-state index in [2.05, 4.69) is 26.7 Å². The lowest BCUT2D eigenvalue weighted by atomic mass is 9.98. The quantitative estimate of drug-likeness (QED) is 0.0734. The molecule has 3 aromatic carbocycles. The van der Waals surface area contributed by atoms with Crippen LogP contribution < -0.4 is 16.0 Å². The molecule has 0 saturated carbocycles. The normalized spacial score (nSPS) is 10.9. The predicted molar refractivity (Wildman–Crippen MR) is 128 cm³/mol. The highest BCUT2D eigenvalue weighted by atomic mass is 16.1. The third kappa shape index (κ3) is 4.33. The molecule has 0 aliphatic carbocycles. The van der Waals surface area contributed by atoms with E-state index in [-0.39, 0.29) is 5.91 Å². The molecule has 1 heterocycles. The molecule has 1 amide bonds. The zero-order chi connectivity index (χ0) is 22.5. The smallest absolute Gasteiger partial charge is 0.220 e. The highest BCUT2D eigenvalue weighted by molar-refractivity contribution is 6.10. The first-order valence-corrected chi connectivity index (χ1v) is 10.7. The minimum atomic E-state index is -0.267. The molecule has 0 spiro atoms. The Labute approximate surface area is 185 Å². The van der Waals surface area contributed by atoms with Crippen molar-refractivity contribution in [2.75, 3.05) is 5.73 Å². The van der Waals surface area contributed by atoms with Crippen LogP contribution in [-0.2, 0) is 11.3 Å². The number of rotatable bonds is 8.